The molecule has 0 aromatic heterocycles. The maximum Gasteiger partial charge on any atom is 0.138 e. The summed E-state index contributed by atoms with van der Waals surface area (Å²) in [5.41, 5.74) is 8.20. The number of nitriles is 1. The predicted octanol–water partition coefficient (Wildman–Crippen LogP) is 3.81. The zero-order valence-electron chi connectivity index (χ0n) is 11.1. The van der Waals surface area contributed by atoms with Crippen molar-refractivity contribution < 1.29 is 4.74 Å². The molecule has 102 valence electrons. The van der Waals surface area contributed by atoms with Gasteiger partial charge in [0.2, 0.25) is 0 Å². The molecule has 0 aliphatic rings. The molecule has 1 unspecified atom stereocenters. The van der Waals surface area contributed by atoms with Crippen molar-refractivity contribution in [3.05, 3.63) is 64.2 Å². The van der Waals surface area contributed by atoms with Crippen molar-refractivity contribution in [2.45, 2.75) is 19.6 Å². The molecule has 2 aromatic carbocycles. The number of benzene rings is 2. The van der Waals surface area contributed by atoms with Crippen LogP contribution < -0.4 is 10.5 Å². The van der Waals surface area contributed by atoms with Gasteiger partial charge in [0.15, 0.2) is 0 Å². The van der Waals surface area contributed by atoms with Crippen molar-refractivity contribution in [3.63, 3.8) is 0 Å². The number of ether oxygens (including phenoxy) is 1. The van der Waals surface area contributed by atoms with Gasteiger partial charge in [-0.25, -0.2) is 0 Å². The number of hydrogen-bond donors (Lipinski definition) is 1. The van der Waals surface area contributed by atoms with E-state index in [0.29, 0.717) is 22.9 Å². The minimum atomic E-state index is -0.0686. The van der Waals surface area contributed by atoms with Gasteiger partial charge in [0.05, 0.1) is 16.7 Å². The van der Waals surface area contributed by atoms with E-state index in [1.165, 1.54) is 0 Å². The van der Waals surface area contributed by atoms with Crippen LogP contribution in [0.5, 0.6) is 5.75 Å². The molecule has 0 saturated carbocycles. The van der Waals surface area contributed by atoms with Crippen LogP contribution in [0.3, 0.4) is 0 Å². The zero-order valence-corrected chi connectivity index (χ0v) is 11.9. The van der Waals surface area contributed by atoms with Gasteiger partial charge >= 0.3 is 0 Å². The highest BCUT2D eigenvalue weighted by Gasteiger charge is 2.07. The first-order chi connectivity index (χ1) is 9.61. The molecule has 2 rings (SSSR count). The van der Waals surface area contributed by atoms with Gasteiger partial charge in [-0.2, -0.15) is 5.26 Å². The molecule has 0 spiro atoms. The Morgan fingerprint density at radius 3 is 2.70 bits per heavy atom. The lowest BCUT2D eigenvalue weighted by atomic mass is 10.1. The lowest BCUT2D eigenvalue weighted by Crippen LogP contribution is -2.05. The maximum atomic E-state index is 9.02. The van der Waals surface area contributed by atoms with Crippen LogP contribution in [0.4, 0.5) is 0 Å². The quantitative estimate of drug-likeness (QED) is 0.930. The number of hydrogen-bond acceptors (Lipinski definition) is 3. The summed E-state index contributed by atoms with van der Waals surface area (Å²) in [6.45, 7) is 2.20. The molecule has 3 nitrogen and oxygen atoms in total. The van der Waals surface area contributed by atoms with Gasteiger partial charge < -0.3 is 10.5 Å². The first-order valence-corrected chi connectivity index (χ1v) is 6.65. The van der Waals surface area contributed by atoms with Crippen LogP contribution >= 0.6 is 11.6 Å². The minimum Gasteiger partial charge on any atom is -0.487 e. The molecule has 0 fully saturated rings. The Labute approximate surface area is 123 Å². The molecule has 0 radical (unpaired) electrons. The zero-order chi connectivity index (χ0) is 14.5. The molecule has 2 N–H and O–H groups in total. The Morgan fingerprint density at radius 2 is 2.05 bits per heavy atom. The number of nitrogens with two attached hydrogens (primary N) is 1. The SMILES string of the molecule is CC(N)c1ccc(OCc2ccccc2C#N)c(Cl)c1. The summed E-state index contributed by atoms with van der Waals surface area (Å²) in [6, 6.07) is 14.9. The topological polar surface area (TPSA) is 59.0 Å². The second-order valence-electron chi connectivity index (χ2n) is 4.54. The Hall–Kier alpha value is -2.02. The van der Waals surface area contributed by atoms with Crippen molar-refractivity contribution in [2.75, 3.05) is 0 Å². The highest BCUT2D eigenvalue weighted by Crippen LogP contribution is 2.28. The second kappa shape index (κ2) is 6.42. The smallest absolute Gasteiger partial charge is 0.138 e. The molecule has 0 saturated heterocycles. The van der Waals surface area contributed by atoms with Crippen molar-refractivity contribution in [1.82, 2.24) is 0 Å². The van der Waals surface area contributed by atoms with Gasteiger partial charge in [0, 0.05) is 11.6 Å². The highest BCUT2D eigenvalue weighted by atomic mass is 35.5. The highest BCUT2D eigenvalue weighted by molar-refractivity contribution is 6.32. The molecule has 4 heteroatoms. The van der Waals surface area contributed by atoms with Crippen LogP contribution in [0.25, 0.3) is 0 Å². The van der Waals surface area contributed by atoms with E-state index < -0.39 is 0 Å². The molecule has 20 heavy (non-hydrogen) atoms. The van der Waals surface area contributed by atoms with Crippen molar-refractivity contribution in [2.24, 2.45) is 5.73 Å². The Balaban J connectivity index is 2.14. The van der Waals surface area contributed by atoms with E-state index in [1.54, 1.807) is 18.2 Å². The monoisotopic (exact) mass is 286 g/mol. The van der Waals surface area contributed by atoms with E-state index in [2.05, 4.69) is 6.07 Å². The van der Waals surface area contributed by atoms with Gasteiger partial charge in [0.25, 0.3) is 0 Å². The Kier molecular flexibility index (Phi) is 4.62. The second-order valence-corrected chi connectivity index (χ2v) is 4.94. The molecular formula is C16H15ClN2O. The van der Waals surface area contributed by atoms with Crippen LogP contribution in [0.1, 0.15) is 29.7 Å². The molecular weight excluding hydrogens is 272 g/mol. The van der Waals surface area contributed by atoms with Gasteiger partial charge in [-0.05, 0) is 30.7 Å². The molecule has 0 aliphatic carbocycles. The van der Waals surface area contributed by atoms with Gasteiger partial charge in [-0.1, -0.05) is 35.9 Å². The fourth-order valence-corrected chi connectivity index (χ4v) is 2.07. The number of nitrogens with zero attached hydrogens (tertiary/aromatic N) is 1. The summed E-state index contributed by atoms with van der Waals surface area (Å²) in [4.78, 5) is 0. The maximum absolute atomic E-state index is 9.02. The van der Waals surface area contributed by atoms with Crippen LogP contribution in [-0.4, -0.2) is 0 Å². The molecule has 0 heterocycles. The average Bonchev–Trinajstić information content (AvgIpc) is 2.46. The third-order valence-electron chi connectivity index (χ3n) is 3.00. The third kappa shape index (κ3) is 3.30. The minimum absolute atomic E-state index is 0.0686. The first-order valence-electron chi connectivity index (χ1n) is 6.27. The van der Waals surface area contributed by atoms with Gasteiger partial charge in [0.1, 0.15) is 12.4 Å². The summed E-state index contributed by atoms with van der Waals surface area (Å²) in [7, 11) is 0. The number of rotatable bonds is 4. The fraction of sp³-hybridized carbons (Fsp3) is 0.188. The molecule has 0 bridgehead atoms. The van der Waals surface area contributed by atoms with Crippen LogP contribution in [0, 0.1) is 11.3 Å². The summed E-state index contributed by atoms with van der Waals surface area (Å²) in [6.07, 6.45) is 0. The van der Waals surface area contributed by atoms with Crippen molar-refractivity contribution in [3.8, 4) is 11.8 Å². The third-order valence-corrected chi connectivity index (χ3v) is 3.30. The van der Waals surface area contributed by atoms with E-state index in [9.17, 15) is 0 Å². The van der Waals surface area contributed by atoms with E-state index in [1.807, 2.05) is 31.2 Å². The Bertz CT molecular complexity index is 647. The lowest BCUT2D eigenvalue weighted by molar-refractivity contribution is 0.306. The largest absolute Gasteiger partial charge is 0.487 e. The normalized spacial score (nSPS) is 11.7. The predicted molar refractivity (Wildman–Crippen MR) is 79.5 cm³/mol. The Morgan fingerprint density at radius 1 is 1.30 bits per heavy atom. The van der Waals surface area contributed by atoms with E-state index in [-0.39, 0.29) is 6.04 Å². The van der Waals surface area contributed by atoms with E-state index in [4.69, 9.17) is 27.3 Å². The molecule has 2 aromatic rings. The van der Waals surface area contributed by atoms with Crippen LogP contribution in [0.2, 0.25) is 5.02 Å². The van der Waals surface area contributed by atoms with Crippen LogP contribution in [0.15, 0.2) is 42.5 Å². The summed E-state index contributed by atoms with van der Waals surface area (Å²) >= 11 is 6.17. The van der Waals surface area contributed by atoms with Crippen LogP contribution in [-0.2, 0) is 6.61 Å². The van der Waals surface area contributed by atoms with E-state index >= 15 is 0 Å². The first kappa shape index (κ1) is 14.4. The van der Waals surface area contributed by atoms with Crippen molar-refractivity contribution in [1.29, 1.82) is 5.26 Å². The van der Waals surface area contributed by atoms with E-state index in [0.717, 1.165) is 11.1 Å². The summed E-state index contributed by atoms with van der Waals surface area (Å²) < 4.78 is 5.68. The average molecular weight is 287 g/mol. The standard InChI is InChI=1S/C16H15ClN2O/c1-11(19)12-6-7-16(15(17)8-12)20-10-14-5-3-2-4-13(14)9-18/h2-8,11H,10,19H2,1H3. The summed E-state index contributed by atoms with van der Waals surface area (Å²) in [5, 5.41) is 9.54. The fourth-order valence-electron chi connectivity index (χ4n) is 1.83. The van der Waals surface area contributed by atoms with Crippen molar-refractivity contribution >= 4 is 11.6 Å². The molecule has 1 atom stereocenters. The molecule has 0 amide bonds. The molecule has 0 aliphatic heterocycles. The lowest BCUT2D eigenvalue weighted by Gasteiger charge is -2.11. The van der Waals surface area contributed by atoms with Gasteiger partial charge in [-0.15, -0.1) is 0 Å². The number of halogens is 1. The van der Waals surface area contributed by atoms with Gasteiger partial charge in [-0.3, -0.25) is 0 Å². The summed E-state index contributed by atoms with van der Waals surface area (Å²) in [5.74, 6) is 0.587.